The second kappa shape index (κ2) is 12.9. The Labute approximate surface area is 143 Å². The molecule has 0 heterocycles. The summed E-state index contributed by atoms with van der Waals surface area (Å²) >= 11 is 0. The summed E-state index contributed by atoms with van der Waals surface area (Å²) in [6.07, 6.45) is 7.47. The smallest absolute Gasteiger partial charge is 0.126 e. The number of rotatable bonds is 9. The summed E-state index contributed by atoms with van der Waals surface area (Å²) in [4.78, 5) is 0. The molecule has 0 bridgehead atoms. The van der Waals surface area contributed by atoms with E-state index in [1.807, 2.05) is 26.0 Å². The lowest BCUT2D eigenvalue weighted by molar-refractivity contribution is 0.494. The zero-order chi connectivity index (χ0) is 18.6. The van der Waals surface area contributed by atoms with Crippen molar-refractivity contribution in [3.05, 3.63) is 72.7 Å². The SMILES string of the molecule is C=C(/C=C\C(=C)C(C)CCC(C)C)C(=C)/C=C(/F)C(=C)C.CC. The zero-order valence-corrected chi connectivity index (χ0v) is 16.0. The maximum Gasteiger partial charge on any atom is 0.126 e. The monoisotopic (exact) mass is 318 g/mol. The van der Waals surface area contributed by atoms with Crippen molar-refractivity contribution in [2.24, 2.45) is 11.8 Å². The third-order valence-corrected chi connectivity index (χ3v) is 3.43. The maximum absolute atomic E-state index is 13.5. The minimum Gasteiger partial charge on any atom is -0.207 e. The van der Waals surface area contributed by atoms with E-state index in [9.17, 15) is 4.39 Å². The minimum atomic E-state index is -0.362. The highest BCUT2D eigenvalue weighted by Gasteiger charge is 2.06. The van der Waals surface area contributed by atoms with Gasteiger partial charge < -0.3 is 0 Å². The normalized spacial score (nSPS) is 12.6. The van der Waals surface area contributed by atoms with Crippen molar-refractivity contribution in [1.29, 1.82) is 0 Å². The van der Waals surface area contributed by atoms with Crippen molar-refractivity contribution < 1.29 is 4.39 Å². The number of hydrogen-bond donors (Lipinski definition) is 0. The Morgan fingerprint density at radius 2 is 1.43 bits per heavy atom. The van der Waals surface area contributed by atoms with Crippen LogP contribution in [0.1, 0.15) is 54.4 Å². The van der Waals surface area contributed by atoms with E-state index in [2.05, 4.69) is 47.1 Å². The van der Waals surface area contributed by atoms with Gasteiger partial charge in [0.2, 0.25) is 0 Å². The Bertz CT molecular complexity index is 472. The van der Waals surface area contributed by atoms with Crippen LogP contribution >= 0.6 is 0 Å². The molecule has 0 aliphatic rings. The zero-order valence-electron chi connectivity index (χ0n) is 16.0. The molecule has 0 saturated heterocycles. The van der Waals surface area contributed by atoms with Gasteiger partial charge in [0.25, 0.3) is 0 Å². The van der Waals surface area contributed by atoms with Crippen LogP contribution in [0.5, 0.6) is 0 Å². The lowest BCUT2D eigenvalue weighted by Gasteiger charge is -2.13. The topological polar surface area (TPSA) is 0 Å². The molecule has 0 aromatic heterocycles. The number of hydrogen-bond acceptors (Lipinski definition) is 0. The van der Waals surface area contributed by atoms with E-state index in [0.29, 0.717) is 28.6 Å². The molecule has 0 aliphatic carbocycles. The second-order valence-corrected chi connectivity index (χ2v) is 6.10. The van der Waals surface area contributed by atoms with Crippen LogP contribution in [-0.2, 0) is 0 Å². The molecule has 1 heteroatoms. The molecular weight excluding hydrogens is 283 g/mol. The lowest BCUT2D eigenvalue weighted by atomic mass is 9.93. The van der Waals surface area contributed by atoms with Crippen LogP contribution in [0.4, 0.5) is 4.39 Å². The summed E-state index contributed by atoms with van der Waals surface area (Å²) in [5, 5.41) is 0. The summed E-state index contributed by atoms with van der Waals surface area (Å²) < 4.78 is 13.5. The van der Waals surface area contributed by atoms with Crippen LogP contribution in [0.25, 0.3) is 0 Å². The first-order valence-corrected chi connectivity index (χ1v) is 8.43. The van der Waals surface area contributed by atoms with Gasteiger partial charge in [-0.05, 0) is 48.0 Å². The van der Waals surface area contributed by atoms with Crippen LogP contribution in [0.2, 0.25) is 0 Å². The highest BCUT2D eigenvalue weighted by atomic mass is 19.1. The van der Waals surface area contributed by atoms with Gasteiger partial charge in [-0.3, -0.25) is 0 Å². The number of allylic oxidation sites excluding steroid dienone is 8. The summed E-state index contributed by atoms with van der Waals surface area (Å²) in [6.45, 7) is 27.6. The first-order chi connectivity index (χ1) is 10.6. The third-order valence-electron chi connectivity index (χ3n) is 3.43. The second-order valence-electron chi connectivity index (χ2n) is 6.10. The Balaban J connectivity index is 0. The van der Waals surface area contributed by atoms with Gasteiger partial charge in [0, 0.05) is 0 Å². The highest BCUT2D eigenvalue weighted by Crippen LogP contribution is 2.21. The van der Waals surface area contributed by atoms with Crippen LogP contribution in [0.3, 0.4) is 0 Å². The van der Waals surface area contributed by atoms with Gasteiger partial charge >= 0.3 is 0 Å². The molecule has 0 N–H and O–H groups in total. The van der Waals surface area contributed by atoms with E-state index in [4.69, 9.17) is 0 Å². The Kier molecular flexibility index (Phi) is 13.2. The average molecular weight is 319 g/mol. The Morgan fingerprint density at radius 1 is 0.913 bits per heavy atom. The van der Waals surface area contributed by atoms with Crippen LogP contribution in [-0.4, -0.2) is 0 Å². The quantitative estimate of drug-likeness (QED) is 0.381. The first-order valence-electron chi connectivity index (χ1n) is 8.43. The maximum atomic E-state index is 13.5. The van der Waals surface area contributed by atoms with Gasteiger partial charge in [-0.15, -0.1) is 0 Å². The molecule has 0 saturated carbocycles. The molecule has 0 aliphatic heterocycles. The van der Waals surface area contributed by atoms with Gasteiger partial charge in [-0.25, -0.2) is 4.39 Å². The van der Waals surface area contributed by atoms with Crippen LogP contribution < -0.4 is 0 Å². The van der Waals surface area contributed by atoms with Gasteiger partial charge in [-0.2, -0.15) is 0 Å². The lowest BCUT2D eigenvalue weighted by Crippen LogP contribution is -1.99. The van der Waals surface area contributed by atoms with Gasteiger partial charge in [0.1, 0.15) is 5.83 Å². The highest BCUT2D eigenvalue weighted by molar-refractivity contribution is 5.46. The first kappa shape index (κ1) is 23.6. The molecule has 1 unspecified atom stereocenters. The Morgan fingerprint density at radius 3 is 1.87 bits per heavy atom. The van der Waals surface area contributed by atoms with Crippen molar-refractivity contribution in [2.45, 2.75) is 54.4 Å². The van der Waals surface area contributed by atoms with E-state index in [0.717, 1.165) is 12.0 Å². The molecule has 0 spiro atoms. The molecule has 0 amide bonds. The summed E-state index contributed by atoms with van der Waals surface area (Å²) in [6, 6.07) is 0. The van der Waals surface area contributed by atoms with E-state index in [-0.39, 0.29) is 5.83 Å². The molecule has 0 radical (unpaired) electrons. The molecular formula is C22H35F. The number of halogens is 1. The molecule has 23 heavy (non-hydrogen) atoms. The van der Waals surface area contributed by atoms with E-state index < -0.39 is 0 Å². The van der Waals surface area contributed by atoms with Crippen molar-refractivity contribution in [3.63, 3.8) is 0 Å². The van der Waals surface area contributed by atoms with Crippen molar-refractivity contribution in [1.82, 2.24) is 0 Å². The fourth-order valence-electron chi connectivity index (χ4n) is 1.62. The fraction of sp³-hybridized carbons (Fsp3) is 0.455. The molecule has 0 aromatic rings. The largest absolute Gasteiger partial charge is 0.207 e. The van der Waals surface area contributed by atoms with Crippen molar-refractivity contribution in [3.8, 4) is 0 Å². The van der Waals surface area contributed by atoms with Crippen LogP contribution in [0, 0.1) is 11.8 Å². The van der Waals surface area contributed by atoms with Crippen molar-refractivity contribution in [2.75, 3.05) is 0 Å². The van der Waals surface area contributed by atoms with E-state index in [1.54, 1.807) is 6.92 Å². The molecule has 130 valence electrons. The average Bonchev–Trinajstić information content (AvgIpc) is 2.51. The standard InChI is InChI=1S/C20H29F.C2H6/c1-14(2)9-10-16(5)17(6)11-12-18(7)19(8)13-20(21)15(3)4;1-2/h11-14,16H,3,6-10H2,1-2,4-5H3;1-2H3/b12-11-,20-13+;. The fourth-order valence-corrected chi connectivity index (χ4v) is 1.62. The van der Waals surface area contributed by atoms with Gasteiger partial charge in [0.05, 0.1) is 0 Å². The predicted molar refractivity (Wildman–Crippen MR) is 105 cm³/mol. The predicted octanol–water partition coefficient (Wildman–Crippen LogP) is 7.74. The summed E-state index contributed by atoms with van der Waals surface area (Å²) in [5.74, 6) is 0.778. The molecule has 0 fully saturated rings. The minimum absolute atomic E-state index is 0.362. The molecule has 1 atom stereocenters. The Hall–Kier alpha value is -1.63. The van der Waals surface area contributed by atoms with E-state index in [1.165, 1.54) is 12.5 Å². The third kappa shape index (κ3) is 11.6. The molecule has 0 rings (SSSR count). The van der Waals surface area contributed by atoms with Gasteiger partial charge in [-0.1, -0.05) is 85.1 Å². The molecule has 0 nitrogen and oxygen atoms in total. The molecule has 0 aromatic carbocycles. The van der Waals surface area contributed by atoms with Crippen LogP contribution in [0.15, 0.2) is 72.7 Å². The summed E-state index contributed by atoms with van der Waals surface area (Å²) in [5.41, 5.74) is 2.69. The van der Waals surface area contributed by atoms with Crippen molar-refractivity contribution >= 4 is 0 Å². The van der Waals surface area contributed by atoms with E-state index >= 15 is 0 Å². The summed E-state index contributed by atoms with van der Waals surface area (Å²) in [7, 11) is 0. The van der Waals surface area contributed by atoms with Gasteiger partial charge in [0.15, 0.2) is 0 Å².